The fourth-order valence-electron chi connectivity index (χ4n) is 1.83. The Balaban J connectivity index is 1.78. The van der Waals surface area contributed by atoms with Crippen molar-refractivity contribution in [3.8, 4) is 5.75 Å². The van der Waals surface area contributed by atoms with E-state index in [4.69, 9.17) is 16.3 Å². The van der Waals surface area contributed by atoms with Gasteiger partial charge in [0.05, 0.1) is 12.7 Å². The highest BCUT2D eigenvalue weighted by atomic mass is 35.5. The molecular weight excluding hydrogens is 264 g/mol. The van der Waals surface area contributed by atoms with Gasteiger partial charge in [-0.3, -0.25) is 4.79 Å². The van der Waals surface area contributed by atoms with Gasteiger partial charge in [-0.05, 0) is 44.0 Å². The van der Waals surface area contributed by atoms with E-state index in [0.29, 0.717) is 28.9 Å². The van der Waals surface area contributed by atoms with Crippen LogP contribution in [0.4, 0.5) is 0 Å². The zero-order chi connectivity index (χ0) is 13.7. The Hall–Kier alpha value is -1.26. The smallest absolute Gasteiger partial charge is 0.255 e. The molecule has 1 aromatic carbocycles. The zero-order valence-electron chi connectivity index (χ0n) is 11.0. The van der Waals surface area contributed by atoms with Crippen LogP contribution in [0.5, 0.6) is 5.75 Å². The fraction of sp³-hybridized carbons (Fsp3) is 0.500. The molecule has 2 N–H and O–H groups in total. The molecule has 0 heterocycles. The van der Waals surface area contributed by atoms with Crippen LogP contribution in [0, 0.1) is 0 Å². The lowest BCUT2D eigenvalue weighted by Gasteiger charge is -2.09. The molecule has 5 heteroatoms. The molecule has 0 atom stereocenters. The monoisotopic (exact) mass is 282 g/mol. The number of methoxy groups -OCH3 is 1. The van der Waals surface area contributed by atoms with E-state index in [1.807, 2.05) is 0 Å². The number of amides is 1. The Morgan fingerprint density at radius 2 is 2.21 bits per heavy atom. The van der Waals surface area contributed by atoms with Crippen molar-refractivity contribution in [3.63, 3.8) is 0 Å². The molecule has 1 saturated carbocycles. The largest absolute Gasteiger partial charge is 0.496 e. The Kier molecular flexibility index (Phi) is 5.05. The van der Waals surface area contributed by atoms with Crippen molar-refractivity contribution in [2.45, 2.75) is 25.3 Å². The van der Waals surface area contributed by atoms with Gasteiger partial charge >= 0.3 is 0 Å². The lowest BCUT2D eigenvalue weighted by molar-refractivity contribution is 0.0950. The molecule has 1 amide bonds. The van der Waals surface area contributed by atoms with Gasteiger partial charge in [0.1, 0.15) is 5.75 Å². The Morgan fingerprint density at radius 1 is 1.42 bits per heavy atom. The fourth-order valence-corrected chi connectivity index (χ4v) is 1.99. The van der Waals surface area contributed by atoms with Crippen LogP contribution >= 0.6 is 11.6 Å². The topological polar surface area (TPSA) is 50.4 Å². The van der Waals surface area contributed by atoms with Crippen molar-refractivity contribution in [3.05, 3.63) is 28.8 Å². The molecule has 4 nitrogen and oxygen atoms in total. The number of halogens is 1. The number of rotatable bonds is 7. The van der Waals surface area contributed by atoms with Crippen LogP contribution in [-0.2, 0) is 0 Å². The summed E-state index contributed by atoms with van der Waals surface area (Å²) in [6.07, 6.45) is 3.50. The molecule has 19 heavy (non-hydrogen) atoms. The van der Waals surface area contributed by atoms with E-state index in [-0.39, 0.29) is 5.91 Å². The van der Waals surface area contributed by atoms with E-state index >= 15 is 0 Å². The average Bonchev–Trinajstić information content (AvgIpc) is 3.22. The normalized spacial score (nSPS) is 14.2. The molecule has 0 aromatic heterocycles. The van der Waals surface area contributed by atoms with Gasteiger partial charge in [-0.15, -0.1) is 0 Å². The van der Waals surface area contributed by atoms with Crippen molar-refractivity contribution < 1.29 is 9.53 Å². The first-order valence-corrected chi connectivity index (χ1v) is 6.93. The van der Waals surface area contributed by atoms with Crippen molar-refractivity contribution in [2.75, 3.05) is 20.2 Å². The molecule has 104 valence electrons. The van der Waals surface area contributed by atoms with Gasteiger partial charge in [-0.25, -0.2) is 0 Å². The van der Waals surface area contributed by atoms with Crippen molar-refractivity contribution >= 4 is 17.5 Å². The summed E-state index contributed by atoms with van der Waals surface area (Å²) in [6.45, 7) is 1.60. The molecule has 1 aliphatic carbocycles. The molecule has 1 fully saturated rings. The summed E-state index contributed by atoms with van der Waals surface area (Å²) in [4.78, 5) is 12.0. The maximum Gasteiger partial charge on any atom is 0.255 e. The van der Waals surface area contributed by atoms with Gasteiger partial charge in [0.15, 0.2) is 0 Å². The first kappa shape index (κ1) is 14.2. The van der Waals surface area contributed by atoms with Crippen LogP contribution in [0.2, 0.25) is 5.02 Å². The van der Waals surface area contributed by atoms with Gasteiger partial charge in [-0.2, -0.15) is 0 Å². The second-order valence-electron chi connectivity index (χ2n) is 4.68. The van der Waals surface area contributed by atoms with Crippen molar-refractivity contribution in [1.29, 1.82) is 0 Å². The first-order valence-electron chi connectivity index (χ1n) is 6.56. The van der Waals surface area contributed by atoms with Gasteiger partial charge in [-0.1, -0.05) is 11.6 Å². The number of carbonyl (C=O) groups is 1. The van der Waals surface area contributed by atoms with Crippen LogP contribution in [0.25, 0.3) is 0 Å². The minimum absolute atomic E-state index is 0.125. The maximum atomic E-state index is 12.0. The standard InChI is InChI=1S/C14H19ClN2O2/c1-19-13-9-10(15)3-6-12(13)14(18)17-8-2-7-16-11-4-5-11/h3,6,9,11,16H,2,4-5,7-8H2,1H3,(H,17,18). The molecule has 0 spiro atoms. The SMILES string of the molecule is COc1cc(Cl)ccc1C(=O)NCCCNC1CC1. The number of hydrogen-bond acceptors (Lipinski definition) is 3. The molecular formula is C14H19ClN2O2. The average molecular weight is 283 g/mol. The third-order valence-electron chi connectivity index (χ3n) is 3.06. The highest BCUT2D eigenvalue weighted by Crippen LogP contribution is 2.22. The summed E-state index contributed by atoms with van der Waals surface area (Å²) in [7, 11) is 1.53. The molecule has 2 rings (SSSR count). The quantitative estimate of drug-likeness (QED) is 0.754. The van der Waals surface area contributed by atoms with Gasteiger partial charge in [0, 0.05) is 17.6 Å². The van der Waals surface area contributed by atoms with Crippen molar-refractivity contribution in [1.82, 2.24) is 10.6 Å². The van der Waals surface area contributed by atoms with E-state index in [9.17, 15) is 4.79 Å². The molecule has 0 unspecified atom stereocenters. The summed E-state index contributed by atoms with van der Waals surface area (Å²) in [6, 6.07) is 5.73. The van der Waals surface area contributed by atoms with Gasteiger partial charge < -0.3 is 15.4 Å². The highest BCUT2D eigenvalue weighted by Gasteiger charge is 2.19. The van der Waals surface area contributed by atoms with E-state index < -0.39 is 0 Å². The van der Waals surface area contributed by atoms with Gasteiger partial charge in [0.2, 0.25) is 0 Å². The van der Waals surface area contributed by atoms with Crippen LogP contribution < -0.4 is 15.4 Å². The number of ether oxygens (including phenoxy) is 1. The number of carbonyl (C=O) groups excluding carboxylic acids is 1. The lowest BCUT2D eigenvalue weighted by Crippen LogP contribution is -2.28. The molecule has 0 saturated heterocycles. The van der Waals surface area contributed by atoms with E-state index in [1.54, 1.807) is 18.2 Å². The summed E-state index contributed by atoms with van der Waals surface area (Å²) in [5, 5.41) is 6.85. The Labute approximate surface area is 118 Å². The van der Waals surface area contributed by atoms with Crippen LogP contribution in [-0.4, -0.2) is 32.1 Å². The predicted octanol–water partition coefficient (Wildman–Crippen LogP) is 2.22. The molecule has 0 radical (unpaired) electrons. The number of benzene rings is 1. The van der Waals surface area contributed by atoms with Crippen LogP contribution in [0.15, 0.2) is 18.2 Å². The molecule has 1 aliphatic rings. The van der Waals surface area contributed by atoms with E-state index in [0.717, 1.165) is 13.0 Å². The second-order valence-corrected chi connectivity index (χ2v) is 5.12. The Bertz CT molecular complexity index is 447. The molecule has 1 aromatic rings. The van der Waals surface area contributed by atoms with E-state index in [1.165, 1.54) is 20.0 Å². The second kappa shape index (κ2) is 6.78. The van der Waals surface area contributed by atoms with Crippen LogP contribution in [0.3, 0.4) is 0 Å². The summed E-state index contributed by atoms with van der Waals surface area (Å²) >= 11 is 5.86. The minimum Gasteiger partial charge on any atom is -0.496 e. The summed E-state index contributed by atoms with van der Waals surface area (Å²) in [5.74, 6) is 0.376. The predicted molar refractivity (Wildman–Crippen MR) is 76.0 cm³/mol. The summed E-state index contributed by atoms with van der Waals surface area (Å²) in [5.41, 5.74) is 0.516. The zero-order valence-corrected chi connectivity index (χ0v) is 11.8. The van der Waals surface area contributed by atoms with Crippen molar-refractivity contribution in [2.24, 2.45) is 0 Å². The first-order chi connectivity index (χ1) is 9.20. The third-order valence-corrected chi connectivity index (χ3v) is 3.29. The van der Waals surface area contributed by atoms with Crippen LogP contribution in [0.1, 0.15) is 29.6 Å². The van der Waals surface area contributed by atoms with E-state index in [2.05, 4.69) is 10.6 Å². The number of hydrogen-bond donors (Lipinski definition) is 2. The lowest BCUT2D eigenvalue weighted by atomic mass is 10.2. The minimum atomic E-state index is -0.125. The number of nitrogens with one attached hydrogen (secondary N) is 2. The Morgan fingerprint density at radius 3 is 2.89 bits per heavy atom. The molecule has 0 aliphatic heterocycles. The van der Waals surface area contributed by atoms with Gasteiger partial charge in [0.25, 0.3) is 5.91 Å². The highest BCUT2D eigenvalue weighted by molar-refractivity contribution is 6.30. The summed E-state index contributed by atoms with van der Waals surface area (Å²) < 4.78 is 5.16. The third kappa shape index (κ3) is 4.40. The molecule has 0 bridgehead atoms. The maximum absolute atomic E-state index is 12.0.